The van der Waals surface area contributed by atoms with Crippen LogP contribution in [-0.2, 0) is 9.59 Å². The number of thiocarbonyl (C=S) groups is 1. The van der Waals surface area contributed by atoms with Gasteiger partial charge in [0.2, 0.25) is 11.8 Å². The third-order valence-corrected chi connectivity index (χ3v) is 6.19. The summed E-state index contributed by atoms with van der Waals surface area (Å²) in [7, 11) is 1.56. The average Bonchev–Trinajstić information content (AvgIpc) is 2.90. The Morgan fingerprint density at radius 3 is 2.81 bits per heavy atom. The summed E-state index contributed by atoms with van der Waals surface area (Å²) in [6, 6.07) is 5.12. The molecule has 1 aromatic rings. The molecule has 8 heteroatoms. The van der Waals surface area contributed by atoms with E-state index in [1.54, 1.807) is 30.2 Å². The molecule has 0 spiro atoms. The summed E-state index contributed by atoms with van der Waals surface area (Å²) in [5.74, 6) is 0.668. The molecule has 1 heterocycles. The monoisotopic (exact) mass is 414 g/mol. The van der Waals surface area contributed by atoms with Gasteiger partial charge in [-0.2, -0.15) is 0 Å². The van der Waals surface area contributed by atoms with Crippen molar-refractivity contribution in [1.29, 1.82) is 0 Å². The molecule has 0 bridgehead atoms. The minimum Gasteiger partial charge on any atom is -0.497 e. The van der Waals surface area contributed by atoms with Gasteiger partial charge in [0.25, 0.3) is 0 Å². The van der Waals surface area contributed by atoms with Crippen LogP contribution < -0.4 is 10.1 Å². The first-order valence-corrected chi connectivity index (χ1v) is 10.3. The molecule has 2 amide bonds. The van der Waals surface area contributed by atoms with Crippen LogP contribution in [0.15, 0.2) is 18.2 Å². The zero-order valence-electron chi connectivity index (χ0n) is 14.9. The standard InChI is InChI=1S/C18H23ClN2O3S2/c1-3-15-17(23)21(18(25)26-15)10-6-4-5-7-16(22)20-14-11-12(24-2)8-9-13(14)19/h8-9,11,15H,3-7,10H2,1-2H3,(H,20,22). The second-order valence-electron chi connectivity index (χ2n) is 5.98. The first-order chi connectivity index (χ1) is 12.5. The highest BCUT2D eigenvalue weighted by Gasteiger charge is 2.34. The average molecular weight is 415 g/mol. The Morgan fingerprint density at radius 1 is 1.38 bits per heavy atom. The van der Waals surface area contributed by atoms with Gasteiger partial charge < -0.3 is 10.1 Å². The van der Waals surface area contributed by atoms with E-state index in [-0.39, 0.29) is 17.1 Å². The highest BCUT2D eigenvalue weighted by Crippen LogP contribution is 2.30. The van der Waals surface area contributed by atoms with Crippen molar-refractivity contribution in [2.24, 2.45) is 0 Å². The third kappa shape index (κ3) is 5.59. The number of hydrogen-bond acceptors (Lipinski definition) is 5. The SMILES string of the molecule is CCC1SC(=S)N(CCCCCC(=O)Nc2cc(OC)ccc2Cl)C1=O. The van der Waals surface area contributed by atoms with Gasteiger partial charge >= 0.3 is 0 Å². The number of amides is 2. The smallest absolute Gasteiger partial charge is 0.241 e. The lowest BCUT2D eigenvalue weighted by molar-refractivity contribution is -0.126. The van der Waals surface area contributed by atoms with Crippen molar-refractivity contribution >= 4 is 57.4 Å². The lowest BCUT2D eigenvalue weighted by Gasteiger charge is -2.15. The van der Waals surface area contributed by atoms with Crippen LogP contribution in [0.25, 0.3) is 0 Å². The number of thioether (sulfide) groups is 1. The van der Waals surface area contributed by atoms with E-state index < -0.39 is 0 Å². The van der Waals surface area contributed by atoms with Crippen molar-refractivity contribution < 1.29 is 14.3 Å². The fourth-order valence-electron chi connectivity index (χ4n) is 2.63. The van der Waals surface area contributed by atoms with Gasteiger partial charge in [-0.1, -0.05) is 48.9 Å². The summed E-state index contributed by atoms with van der Waals surface area (Å²) in [6.45, 7) is 2.62. The largest absolute Gasteiger partial charge is 0.497 e. The maximum absolute atomic E-state index is 12.1. The normalized spacial score (nSPS) is 16.9. The fourth-order valence-corrected chi connectivity index (χ4v) is 4.27. The molecule has 0 radical (unpaired) electrons. The lowest BCUT2D eigenvalue weighted by atomic mass is 10.1. The number of unbranched alkanes of at least 4 members (excludes halogenated alkanes) is 2. The Labute approximate surface area is 168 Å². The molecule has 1 aliphatic heterocycles. The van der Waals surface area contributed by atoms with E-state index in [2.05, 4.69) is 5.32 Å². The van der Waals surface area contributed by atoms with Gasteiger partial charge in [0.1, 0.15) is 10.1 Å². The van der Waals surface area contributed by atoms with E-state index in [0.29, 0.717) is 33.7 Å². The van der Waals surface area contributed by atoms with E-state index in [9.17, 15) is 9.59 Å². The zero-order valence-corrected chi connectivity index (χ0v) is 17.3. The third-order valence-electron chi connectivity index (χ3n) is 4.11. The van der Waals surface area contributed by atoms with Crippen LogP contribution in [0.4, 0.5) is 5.69 Å². The van der Waals surface area contributed by atoms with Crippen molar-refractivity contribution in [3.63, 3.8) is 0 Å². The van der Waals surface area contributed by atoms with E-state index in [1.165, 1.54) is 11.8 Å². The number of halogens is 1. The van der Waals surface area contributed by atoms with Crippen molar-refractivity contribution in [3.05, 3.63) is 23.2 Å². The minimum atomic E-state index is -0.0884. The molecule has 5 nitrogen and oxygen atoms in total. The zero-order chi connectivity index (χ0) is 19.1. The molecule has 1 N–H and O–H groups in total. The number of carbonyl (C=O) groups excluding carboxylic acids is 2. The molecule has 1 saturated heterocycles. The topological polar surface area (TPSA) is 58.6 Å². The van der Waals surface area contributed by atoms with Gasteiger partial charge in [-0.3, -0.25) is 14.5 Å². The van der Waals surface area contributed by atoms with Gasteiger partial charge in [0.05, 0.1) is 23.1 Å². The summed E-state index contributed by atoms with van der Waals surface area (Å²) < 4.78 is 5.81. The number of rotatable bonds is 9. The molecule has 0 saturated carbocycles. The van der Waals surface area contributed by atoms with Crippen LogP contribution in [0.3, 0.4) is 0 Å². The second kappa shape index (κ2) is 10.1. The Hall–Kier alpha value is -1.31. The Kier molecular flexibility index (Phi) is 8.18. The van der Waals surface area contributed by atoms with Crippen LogP contribution in [0.5, 0.6) is 5.75 Å². The molecule has 0 aromatic heterocycles. The van der Waals surface area contributed by atoms with Crippen LogP contribution in [0.1, 0.15) is 39.0 Å². The van der Waals surface area contributed by atoms with Crippen molar-refractivity contribution in [1.82, 2.24) is 4.90 Å². The molecule has 1 aliphatic rings. The predicted molar refractivity (Wildman–Crippen MR) is 111 cm³/mol. The van der Waals surface area contributed by atoms with Crippen molar-refractivity contribution in [3.8, 4) is 5.75 Å². The molecule has 26 heavy (non-hydrogen) atoms. The van der Waals surface area contributed by atoms with E-state index >= 15 is 0 Å². The van der Waals surface area contributed by atoms with Gasteiger partial charge in [-0.25, -0.2) is 0 Å². The van der Waals surface area contributed by atoms with E-state index in [0.717, 1.165) is 25.7 Å². The molecule has 1 fully saturated rings. The quantitative estimate of drug-likeness (QED) is 0.476. The molecular weight excluding hydrogens is 392 g/mol. The molecule has 1 aromatic carbocycles. The summed E-state index contributed by atoms with van der Waals surface area (Å²) in [4.78, 5) is 25.9. The number of methoxy groups -OCH3 is 1. The summed E-state index contributed by atoms with van der Waals surface area (Å²) in [5, 5.41) is 3.25. The number of carbonyl (C=O) groups is 2. The summed E-state index contributed by atoms with van der Waals surface area (Å²) in [6.07, 6.45) is 3.63. The van der Waals surface area contributed by atoms with Crippen LogP contribution in [0.2, 0.25) is 5.02 Å². The van der Waals surface area contributed by atoms with E-state index in [1.807, 2.05) is 6.92 Å². The van der Waals surface area contributed by atoms with Crippen molar-refractivity contribution in [2.45, 2.75) is 44.3 Å². The molecule has 1 unspecified atom stereocenters. The molecule has 142 valence electrons. The number of anilines is 1. The van der Waals surface area contributed by atoms with Crippen LogP contribution >= 0.6 is 35.6 Å². The Morgan fingerprint density at radius 2 is 2.15 bits per heavy atom. The predicted octanol–water partition coefficient (Wildman–Crippen LogP) is 4.49. The highest BCUT2D eigenvalue weighted by atomic mass is 35.5. The minimum absolute atomic E-state index is 0.0270. The molecular formula is C18H23ClN2O3S2. The first kappa shape index (κ1) is 21.0. The van der Waals surface area contributed by atoms with Gasteiger partial charge in [-0.05, 0) is 31.4 Å². The van der Waals surface area contributed by atoms with Crippen LogP contribution in [-0.4, -0.2) is 39.9 Å². The lowest BCUT2D eigenvalue weighted by Crippen LogP contribution is -2.32. The maximum Gasteiger partial charge on any atom is 0.241 e. The fraction of sp³-hybridized carbons (Fsp3) is 0.500. The van der Waals surface area contributed by atoms with Gasteiger partial charge in [0.15, 0.2) is 0 Å². The van der Waals surface area contributed by atoms with Crippen molar-refractivity contribution in [2.75, 3.05) is 19.0 Å². The summed E-state index contributed by atoms with van der Waals surface area (Å²) in [5.41, 5.74) is 0.548. The van der Waals surface area contributed by atoms with Gasteiger partial charge in [0, 0.05) is 19.0 Å². The maximum atomic E-state index is 12.1. The Bertz CT molecular complexity index is 684. The number of hydrogen-bond donors (Lipinski definition) is 1. The van der Waals surface area contributed by atoms with E-state index in [4.69, 9.17) is 28.6 Å². The molecule has 2 rings (SSSR count). The number of nitrogens with one attached hydrogen (secondary N) is 1. The Balaban J connectivity index is 1.69. The first-order valence-electron chi connectivity index (χ1n) is 8.61. The number of benzene rings is 1. The van der Waals surface area contributed by atoms with Gasteiger partial charge in [-0.15, -0.1) is 0 Å². The summed E-state index contributed by atoms with van der Waals surface area (Å²) >= 11 is 12.8. The highest BCUT2D eigenvalue weighted by molar-refractivity contribution is 8.24. The molecule has 1 atom stereocenters. The number of nitrogens with zero attached hydrogens (tertiary/aromatic N) is 1. The van der Waals surface area contributed by atoms with Crippen LogP contribution in [0, 0.1) is 0 Å². The second-order valence-corrected chi connectivity index (χ2v) is 8.22. The number of ether oxygens (including phenoxy) is 1. The molecule has 0 aliphatic carbocycles.